The monoisotopic (exact) mass is 524 g/mol. The summed E-state index contributed by atoms with van der Waals surface area (Å²) < 4.78 is 39.4. The van der Waals surface area contributed by atoms with E-state index in [-0.39, 0.29) is 23.2 Å². The van der Waals surface area contributed by atoms with Gasteiger partial charge in [-0.15, -0.1) is 11.3 Å². The molecule has 0 spiro atoms. The molecule has 1 heterocycles. The van der Waals surface area contributed by atoms with Gasteiger partial charge < -0.3 is 5.32 Å². The lowest BCUT2D eigenvalue weighted by Gasteiger charge is -2.31. The molecule has 192 valence electrons. The molecule has 1 aliphatic carbocycles. The number of nitrogens with zero attached hydrogens (tertiary/aromatic N) is 1. The predicted octanol–water partition coefficient (Wildman–Crippen LogP) is 6.43. The van der Waals surface area contributed by atoms with Crippen molar-refractivity contribution < 1.29 is 22.8 Å². The molecule has 0 saturated heterocycles. The van der Waals surface area contributed by atoms with Crippen molar-refractivity contribution in [2.75, 3.05) is 4.90 Å². The topological polar surface area (TPSA) is 49.4 Å². The van der Waals surface area contributed by atoms with E-state index in [1.54, 1.807) is 41.8 Å². The van der Waals surface area contributed by atoms with Crippen molar-refractivity contribution >= 4 is 28.8 Å². The predicted molar refractivity (Wildman–Crippen MR) is 139 cm³/mol. The molecule has 8 heteroatoms. The average Bonchev–Trinajstić information content (AvgIpc) is 3.40. The molecular weight excluding hydrogens is 497 g/mol. The van der Waals surface area contributed by atoms with Gasteiger partial charge in [0.1, 0.15) is 0 Å². The molecule has 1 aliphatic rings. The van der Waals surface area contributed by atoms with Crippen LogP contribution in [-0.4, -0.2) is 24.0 Å². The third kappa shape index (κ3) is 7.46. The van der Waals surface area contributed by atoms with Crippen molar-refractivity contribution in [3.8, 4) is 11.8 Å². The number of carbonyl (C=O) groups excluding carboxylic acids is 2. The maximum atomic E-state index is 13.7. The van der Waals surface area contributed by atoms with Crippen LogP contribution in [0.1, 0.15) is 54.1 Å². The van der Waals surface area contributed by atoms with Gasteiger partial charge in [-0.25, -0.2) is 0 Å². The molecule has 4 rings (SSSR count). The van der Waals surface area contributed by atoms with E-state index in [0.717, 1.165) is 32.1 Å². The Morgan fingerprint density at radius 2 is 1.76 bits per heavy atom. The molecule has 4 nitrogen and oxygen atoms in total. The first-order valence-electron chi connectivity index (χ1n) is 12.2. The Kier molecular flexibility index (Phi) is 8.67. The first-order chi connectivity index (χ1) is 17.8. The summed E-state index contributed by atoms with van der Waals surface area (Å²) in [7, 11) is 0. The van der Waals surface area contributed by atoms with E-state index in [4.69, 9.17) is 0 Å². The fourth-order valence-corrected chi connectivity index (χ4v) is 5.30. The van der Waals surface area contributed by atoms with Gasteiger partial charge in [0.15, 0.2) is 6.04 Å². The van der Waals surface area contributed by atoms with E-state index >= 15 is 0 Å². The van der Waals surface area contributed by atoms with E-state index in [1.165, 1.54) is 40.5 Å². The largest absolute Gasteiger partial charge is 0.393 e. The van der Waals surface area contributed by atoms with Crippen LogP contribution in [-0.2, 0) is 16.0 Å². The zero-order chi connectivity index (χ0) is 26.3. The summed E-state index contributed by atoms with van der Waals surface area (Å²) in [5.41, 5.74) is 0.795. The van der Waals surface area contributed by atoms with Gasteiger partial charge in [0, 0.05) is 28.1 Å². The van der Waals surface area contributed by atoms with E-state index in [0.29, 0.717) is 10.4 Å². The second-order valence-electron chi connectivity index (χ2n) is 9.01. The molecule has 3 aromatic rings. The number of carbonyl (C=O) groups is 2. The van der Waals surface area contributed by atoms with Gasteiger partial charge in [-0.1, -0.05) is 61.6 Å². The SMILES string of the molecule is O=C(NC1CCCCC1)C(c1cccs1)N(C(=O)C#Cc1ccccc1)c1cccc(CC(F)(F)F)c1. The van der Waals surface area contributed by atoms with Gasteiger partial charge in [0.05, 0.1) is 6.42 Å². The van der Waals surface area contributed by atoms with Gasteiger partial charge in [-0.05, 0) is 54.1 Å². The number of amides is 2. The third-order valence-corrected chi connectivity index (χ3v) is 7.10. The Labute approximate surface area is 218 Å². The smallest absolute Gasteiger partial charge is 0.351 e. The van der Waals surface area contributed by atoms with Crippen molar-refractivity contribution in [3.63, 3.8) is 0 Å². The van der Waals surface area contributed by atoms with Gasteiger partial charge in [0.2, 0.25) is 5.91 Å². The highest BCUT2D eigenvalue weighted by atomic mass is 32.1. The van der Waals surface area contributed by atoms with Crippen LogP contribution in [0.25, 0.3) is 0 Å². The van der Waals surface area contributed by atoms with Crippen molar-refractivity contribution in [1.29, 1.82) is 0 Å². The molecule has 37 heavy (non-hydrogen) atoms. The number of alkyl halides is 3. The zero-order valence-electron chi connectivity index (χ0n) is 20.1. The molecule has 1 N–H and O–H groups in total. The number of nitrogens with one attached hydrogen (secondary N) is 1. The summed E-state index contributed by atoms with van der Waals surface area (Å²) in [6.07, 6.45) is -0.703. The van der Waals surface area contributed by atoms with Gasteiger partial charge >= 0.3 is 12.1 Å². The minimum absolute atomic E-state index is 0.00330. The van der Waals surface area contributed by atoms with Crippen molar-refractivity contribution in [2.45, 2.75) is 56.8 Å². The standard InChI is InChI=1S/C29H27F3N2O2S/c30-29(31,32)20-22-11-7-14-24(19-22)34(26(35)17-16-21-9-3-1-4-10-21)27(25-15-8-18-37-25)28(36)33-23-12-5-2-6-13-23/h1,3-4,7-11,14-15,18-19,23,27H,2,5-6,12-13,20H2,(H,33,36). The van der Waals surface area contributed by atoms with Crippen LogP contribution in [0.4, 0.5) is 18.9 Å². The Hall–Kier alpha value is -3.57. The fourth-order valence-electron chi connectivity index (χ4n) is 4.49. The molecule has 0 radical (unpaired) electrons. The molecule has 2 aromatic carbocycles. The number of rotatable bonds is 6. The Morgan fingerprint density at radius 3 is 2.43 bits per heavy atom. The normalized spacial score (nSPS) is 14.8. The zero-order valence-corrected chi connectivity index (χ0v) is 20.9. The second-order valence-corrected chi connectivity index (χ2v) is 9.99. The summed E-state index contributed by atoms with van der Waals surface area (Å²) >= 11 is 1.31. The average molecular weight is 525 g/mol. The molecule has 0 bridgehead atoms. The summed E-state index contributed by atoms with van der Waals surface area (Å²) in [5.74, 6) is 4.38. The summed E-state index contributed by atoms with van der Waals surface area (Å²) in [5, 5.41) is 4.88. The number of anilines is 1. The van der Waals surface area contributed by atoms with Gasteiger partial charge in [0.25, 0.3) is 0 Å². The first-order valence-corrected chi connectivity index (χ1v) is 13.1. The molecule has 1 saturated carbocycles. The molecule has 1 fully saturated rings. The molecule has 2 amide bonds. The number of benzene rings is 2. The highest BCUT2D eigenvalue weighted by Gasteiger charge is 2.35. The molecular formula is C29H27F3N2O2S. The summed E-state index contributed by atoms with van der Waals surface area (Å²) in [4.78, 5) is 29.1. The van der Waals surface area contributed by atoms with Crippen molar-refractivity contribution in [3.05, 3.63) is 88.1 Å². The number of hydrogen-bond donors (Lipinski definition) is 1. The lowest BCUT2D eigenvalue weighted by atomic mass is 9.95. The van der Waals surface area contributed by atoms with Crippen molar-refractivity contribution in [1.82, 2.24) is 5.32 Å². The highest BCUT2D eigenvalue weighted by Crippen LogP contribution is 2.33. The summed E-state index contributed by atoms with van der Waals surface area (Å²) in [6, 6.07) is 17.0. The van der Waals surface area contributed by atoms with Gasteiger partial charge in [-0.2, -0.15) is 13.2 Å². The minimum atomic E-state index is -4.41. The van der Waals surface area contributed by atoms with E-state index < -0.39 is 24.5 Å². The van der Waals surface area contributed by atoms with E-state index in [9.17, 15) is 22.8 Å². The van der Waals surface area contributed by atoms with Crippen LogP contribution in [0.15, 0.2) is 72.1 Å². The van der Waals surface area contributed by atoms with E-state index in [2.05, 4.69) is 17.2 Å². The Bertz CT molecular complexity index is 1260. The van der Waals surface area contributed by atoms with Crippen LogP contribution in [0.3, 0.4) is 0 Å². The quantitative estimate of drug-likeness (QED) is 0.378. The maximum Gasteiger partial charge on any atom is 0.393 e. The molecule has 1 aromatic heterocycles. The van der Waals surface area contributed by atoms with Crippen LogP contribution in [0, 0.1) is 11.8 Å². The van der Waals surface area contributed by atoms with Crippen LogP contribution < -0.4 is 10.2 Å². The number of halogens is 3. The highest BCUT2D eigenvalue weighted by molar-refractivity contribution is 7.10. The molecule has 0 aliphatic heterocycles. The maximum absolute atomic E-state index is 13.7. The van der Waals surface area contributed by atoms with Crippen LogP contribution in [0.2, 0.25) is 0 Å². The first kappa shape index (κ1) is 26.5. The molecule has 1 atom stereocenters. The number of hydrogen-bond acceptors (Lipinski definition) is 3. The number of thiophene rings is 1. The lowest BCUT2D eigenvalue weighted by Crippen LogP contribution is -2.46. The van der Waals surface area contributed by atoms with Crippen molar-refractivity contribution in [2.24, 2.45) is 0 Å². The summed E-state index contributed by atoms with van der Waals surface area (Å²) in [6.45, 7) is 0. The Morgan fingerprint density at radius 1 is 1.00 bits per heavy atom. The van der Waals surface area contributed by atoms with Crippen LogP contribution >= 0.6 is 11.3 Å². The van der Waals surface area contributed by atoms with Gasteiger partial charge in [-0.3, -0.25) is 14.5 Å². The minimum Gasteiger partial charge on any atom is -0.351 e. The fraction of sp³-hybridized carbons (Fsp3) is 0.310. The molecule has 1 unspecified atom stereocenters. The van der Waals surface area contributed by atoms with E-state index in [1.807, 2.05) is 6.07 Å². The Balaban J connectivity index is 1.75. The lowest BCUT2D eigenvalue weighted by molar-refractivity contribution is -0.127. The second kappa shape index (κ2) is 12.1. The van der Waals surface area contributed by atoms with Crippen LogP contribution in [0.5, 0.6) is 0 Å². The third-order valence-electron chi connectivity index (χ3n) is 6.17.